The molecule has 6 heteroatoms. The van der Waals surface area contributed by atoms with E-state index in [1.807, 2.05) is 0 Å². The summed E-state index contributed by atoms with van der Waals surface area (Å²) in [6.45, 7) is 9.62. The molecule has 2 aliphatic heterocycles. The van der Waals surface area contributed by atoms with Crippen LogP contribution in [0.2, 0.25) is 0 Å². The van der Waals surface area contributed by atoms with Crippen molar-refractivity contribution in [2.24, 2.45) is 0 Å². The molecule has 152 valence electrons. The maximum atomic E-state index is 14.0. The number of halogens is 2. The summed E-state index contributed by atoms with van der Waals surface area (Å²) in [6.07, 6.45) is 3.02. The average Bonchev–Trinajstić information content (AvgIpc) is 2.65. The topological polar surface area (TPSA) is 30.0 Å². The fourth-order valence-corrected chi connectivity index (χ4v) is 4.60. The largest absolute Gasteiger partial charge is 0.396 e. The Morgan fingerprint density at radius 1 is 1.07 bits per heavy atom. The van der Waals surface area contributed by atoms with Gasteiger partial charge in [-0.05, 0) is 58.3 Å². The third kappa shape index (κ3) is 5.05. The van der Waals surface area contributed by atoms with E-state index >= 15 is 0 Å². The number of aliphatic hydroxyl groups is 1. The van der Waals surface area contributed by atoms with E-state index in [0.717, 1.165) is 45.6 Å². The zero-order valence-electron chi connectivity index (χ0n) is 16.6. The summed E-state index contributed by atoms with van der Waals surface area (Å²) in [5.41, 5.74) is 0.152. The zero-order valence-corrected chi connectivity index (χ0v) is 16.6. The van der Waals surface area contributed by atoms with Crippen LogP contribution in [0.3, 0.4) is 0 Å². The van der Waals surface area contributed by atoms with E-state index in [0.29, 0.717) is 25.0 Å². The number of piperazine rings is 1. The van der Waals surface area contributed by atoms with Crippen LogP contribution in [-0.2, 0) is 6.54 Å². The highest BCUT2D eigenvalue weighted by Gasteiger charge is 2.34. The number of aliphatic hydroxyl groups excluding tert-OH is 1. The second-order valence-electron chi connectivity index (χ2n) is 8.20. The Labute approximate surface area is 161 Å². The molecule has 2 aliphatic rings. The van der Waals surface area contributed by atoms with E-state index in [4.69, 9.17) is 0 Å². The second kappa shape index (κ2) is 9.41. The van der Waals surface area contributed by atoms with Gasteiger partial charge in [0.1, 0.15) is 11.6 Å². The molecule has 4 nitrogen and oxygen atoms in total. The maximum absolute atomic E-state index is 14.0. The first kappa shape index (κ1) is 20.6. The van der Waals surface area contributed by atoms with Crippen LogP contribution in [0.25, 0.3) is 0 Å². The standard InChI is InChI=1S/C21H33F2N3O/c1-16(2)25-9-6-17(7-10-25)26-12-11-24(14-18(26)8-13-27)15-19-20(22)4-3-5-21(19)23/h3-5,16-18,27H,6-15H2,1-2H3/t18-/m0/s1. The number of benzene rings is 1. The smallest absolute Gasteiger partial charge is 0.130 e. The van der Waals surface area contributed by atoms with Crippen LogP contribution in [0.4, 0.5) is 8.78 Å². The predicted octanol–water partition coefficient (Wildman–Crippen LogP) is 2.71. The van der Waals surface area contributed by atoms with Crippen molar-refractivity contribution in [3.63, 3.8) is 0 Å². The maximum Gasteiger partial charge on any atom is 0.130 e. The average molecular weight is 382 g/mol. The lowest BCUT2D eigenvalue weighted by Gasteiger charge is -2.48. The first-order valence-electron chi connectivity index (χ1n) is 10.3. The van der Waals surface area contributed by atoms with E-state index in [2.05, 4.69) is 28.5 Å². The normalized spacial score (nSPS) is 24.0. The van der Waals surface area contributed by atoms with Gasteiger partial charge in [0.15, 0.2) is 0 Å². The Balaban J connectivity index is 1.62. The van der Waals surface area contributed by atoms with Gasteiger partial charge in [0.2, 0.25) is 0 Å². The molecule has 1 aromatic carbocycles. The van der Waals surface area contributed by atoms with Gasteiger partial charge in [0.25, 0.3) is 0 Å². The Bertz CT molecular complexity index is 585. The van der Waals surface area contributed by atoms with Crippen molar-refractivity contribution in [2.75, 3.05) is 39.3 Å². The summed E-state index contributed by atoms with van der Waals surface area (Å²) in [7, 11) is 0. The molecule has 2 fully saturated rings. The molecule has 27 heavy (non-hydrogen) atoms. The lowest BCUT2D eigenvalue weighted by Crippen LogP contribution is -2.58. The third-order valence-corrected chi connectivity index (χ3v) is 6.22. The van der Waals surface area contributed by atoms with E-state index in [9.17, 15) is 13.9 Å². The quantitative estimate of drug-likeness (QED) is 0.821. The Morgan fingerprint density at radius 2 is 1.74 bits per heavy atom. The van der Waals surface area contributed by atoms with Crippen LogP contribution in [0.15, 0.2) is 18.2 Å². The van der Waals surface area contributed by atoms with Gasteiger partial charge in [-0.1, -0.05) is 6.07 Å². The monoisotopic (exact) mass is 381 g/mol. The number of rotatable bonds is 6. The van der Waals surface area contributed by atoms with Crippen molar-refractivity contribution in [1.29, 1.82) is 0 Å². The van der Waals surface area contributed by atoms with Gasteiger partial charge in [-0.3, -0.25) is 9.80 Å². The first-order chi connectivity index (χ1) is 13.0. The molecule has 0 aliphatic carbocycles. The molecular weight excluding hydrogens is 348 g/mol. The Kier molecular flexibility index (Phi) is 7.20. The summed E-state index contributed by atoms with van der Waals surface area (Å²) in [5.74, 6) is -0.950. The fraction of sp³-hybridized carbons (Fsp3) is 0.714. The molecule has 0 spiro atoms. The molecule has 1 N–H and O–H groups in total. The van der Waals surface area contributed by atoms with Crippen LogP contribution in [0.1, 0.15) is 38.7 Å². The van der Waals surface area contributed by atoms with Crippen molar-refractivity contribution < 1.29 is 13.9 Å². The van der Waals surface area contributed by atoms with Crippen molar-refractivity contribution in [2.45, 2.75) is 57.8 Å². The van der Waals surface area contributed by atoms with Gasteiger partial charge < -0.3 is 10.0 Å². The van der Waals surface area contributed by atoms with E-state index < -0.39 is 11.6 Å². The number of piperidine rings is 1. The molecule has 1 aromatic rings. The summed E-state index contributed by atoms with van der Waals surface area (Å²) in [4.78, 5) is 7.19. The van der Waals surface area contributed by atoms with Crippen LogP contribution in [0, 0.1) is 11.6 Å². The molecule has 0 amide bonds. The van der Waals surface area contributed by atoms with Crippen molar-refractivity contribution in [3.05, 3.63) is 35.4 Å². The van der Waals surface area contributed by atoms with Gasteiger partial charge in [0.05, 0.1) is 0 Å². The third-order valence-electron chi connectivity index (χ3n) is 6.22. The SMILES string of the molecule is CC(C)N1CCC(N2CCN(Cc3c(F)cccc3F)C[C@@H]2CCO)CC1. The first-order valence-corrected chi connectivity index (χ1v) is 10.3. The van der Waals surface area contributed by atoms with Crippen LogP contribution >= 0.6 is 0 Å². The number of nitrogens with zero attached hydrogens (tertiary/aromatic N) is 3. The molecule has 2 saturated heterocycles. The number of hydrogen-bond acceptors (Lipinski definition) is 4. The van der Waals surface area contributed by atoms with Crippen molar-refractivity contribution in [1.82, 2.24) is 14.7 Å². The lowest BCUT2D eigenvalue weighted by molar-refractivity contribution is -0.000563. The minimum Gasteiger partial charge on any atom is -0.396 e. The molecule has 1 atom stereocenters. The van der Waals surface area contributed by atoms with Gasteiger partial charge >= 0.3 is 0 Å². The van der Waals surface area contributed by atoms with Gasteiger partial charge in [-0.2, -0.15) is 0 Å². The van der Waals surface area contributed by atoms with Gasteiger partial charge in [-0.15, -0.1) is 0 Å². The molecule has 0 unspecified atom stereocenters. The molecule has 0 bridgehead atoms. The molecular formula is C21H33F2N3O. The van der Waals surface area contributed by atoms with Gasteiger partial charge in [0, 0.05) is 56.5 Å². The fourth-order valence-electron chi connectivity index (χ4n) is 4.60. The zero-order chi connectivity index (χ0) is 19.4. The summed E-state index contributed by atoms with van der Waals surface area (Å²) in [5, 5.41) is 9.54. The highest BCUT2D eigenvalue weighted by molar-refractivity contribution is 5.19. The lowest BCUT2D eigenvalue weighted by atomic mass is 9.97. The van der Waals surface area contributed by atoms with Crippen LogP contribution in [0.5, 0.6) is 0 Å². The van der Waals surface area contributed by atoms with Crippen LogP contribution in [-0.4, -0.2) is 77.3 Å². The molecule has 3 rings (SSSR count). The second-order valence-corrected chi connectivity index (χ2v) is 8.20. The van der Waals surface area contributed by atoms with Crippen LogP contribution < -0.4 is 0 Å². The molecule has 0 aromatic heterocycles. The number of hydrogen-bond donors (Lipinski definition) is 1. The Morgan fingerprint density at radius 3 is 2.33 bits per heavy atom. The van der Waals surface area contributed by atoms with Gasteiger partial charge in [-0.25, -0.2) is 8.78 Å². The van der Waals surface area contributed by atoms with E-state index in [-0.39, 0.29) is 18.2 Å². The highest BCUT2D eigenvalue weighted by Crippen LogP contribution is 2.25. The highest BCUT2D eigenvalue weighted by atomic mass is 19.1. The summed E-state index contributed by atoms with van der Waals surface area (Å²) >= 11 is 0. The number of likely N-dealkylation sites (tertiary alicyclic amines) is 1. The minimum atomic E-state index is -0.475. The van der Waals surface area contributed by atoms with E-state index in [1.165, 1.54) is 18.2 Å². The molecule has 0 saturated carbocycles. The molecule has 2 heterocycles. The summed E-state index contributed by atoms with van der Waals surface area (Å²) < 4.78 is 28.0. The molecule has 0 radical (unpaired) electrons. The van der Waals surface area contributed by atoms with Crippen molar-refractivity contribution >= 4 is 0 Å². The summed E-state index contributed by atoms with van der Waals surface area (Å²) in [6, 6.07) is 5.43. The predicted molar refractivity (Wildman–Crippen MR) is 104 cm³/mol. The minimum absolute atomic E-state index is 0.147. The Hall–Kier alpha value is -1.08. The van der Waals surface area contributed by atoms with Crippen molar-refractivity contribution in [3.8, 4) is 0 Å². The van der Waals surface area contributed by atoms with E-state index in [1.54, 1.807) is 0 Å².